The van der Waals surface area contributed by atoms with Crippen LogP contribution in [0.25, 0.3) is 10.9 Å². The van der Waals surface area contributed by atoms with Crippen LogP contribution in [0.5, 0.6) is 0 Å². The van der Waals surface area contributed by atoms with Crippen LogP contribution in [0.2, 0.25) is 0 Å². The summed E-state index contributed by atoms with van der Waals surface area (Å²) >= 11 is 0. The SMILES string of the molecule is C#Cc1ccc2c3c([nH]c2c1)[C@@H](c1c(F)cc(NC2CN(CCCF)C2)cc1F)N(CC(F)(F)F)[C@H](C)C3. The molecule has 0 bridgehead atoms. The second-order valence-corrected chi connectivity index (χ2v) is 10.2. The van der Waals surface area contributed by atoms with Gasteiger partial charge in [0.2, 0.25) is 0 Å². The quantitative estimate of drug-likeness (QED) is 0.298. The summed E-state index contributed by atoms with van der Waals surface area (Å²) in [6.07, 6.45) is 1.64. The van der Waals surface area contributed by atoms with E-state index >= 15 is 8.78 Å². The number of likely N-dealkylation sites (tertiary alicyclic amines) is 1. The molecule has 3 aromatic rings. The topological polar surface area (TPSA) is 34.3 Å². The number of halogens is 6. The number of rotatable bonds is 7. The first-order chi connectivity index (χ1) is 18.1. The minimum absolute atomic E-state index is 0.0543. The molecule has 5 rings (SSSR count). The molecule has 202 valence electrons. The fourth-order valence-corrected chi connectivity index (χ4v) is 5.71. The molecule has 0 aliphatic carbocycles. The molecule has 38 heavy (non-hydrogen) atoms. The van der Waals surface area contributed by atoms with Crippen LogP contribution in [0.15, 0.2) is 30.3 Å². The third-order valence-corrected chi connectivity index (χ3v) is 7.43. The molecular formula is C28H28F6N4. The van der Waals surface area contributed by atoms with Gasteiger partial charge >= 0.3 is 6.18 Å². The third kappa shape index (κ3) is 5.09. The lowest BCUT2D eigenvalue weighted by molar-refractivity contribution is -0.155. The summed E-state index contributed by atoms with van der Waals surface area (Å²) in [5, 5.41) is 3.84. The van der Waals surface area contributed by atoms with E-state index in [1.807, 2.05) is 4.90 Å². The van der Waals surface area contributed by atoms with Gasteiger partial charge in [-0.1, -0.05) is 12.0 Å². The summed E-state index contributed by atoms with van der Waals surface area (Å²) in [6.45, 7) is 1.75. The number of nitrogens with one attached hydrogen (secondary N) is 2. The number of nitrogens with zero attached hydrogens (tertiary/aromatic N) is 2. The Balaban J connectivity index is 1.52. The van der Waals surface area contributed by atoms with E-state index in [4.69, 9.17) is 6.42 Å². The van der Waals surface area contributed by atoms with Crippen molar-refractivity contribution in [2.75, 3.05) is 38.2 Å². The Labute approximate surface area is 217 Å². The van der Waals surface area contributed by atoms with Crippen LogP contribution in [0.3, 0.4) is 0 Å². The molecule has 0 spiro atoms. The fourth-order valence-electron chi connectivity index (χ4n) is 5.71. The summed E-state index contributed by atoms with van der Waals surface area (Å²) in [5.74, 6) is 0.669. The summed E-state index contributed by atoms with van der Waals surface area (Å²) in [6, 6.07) is 5.49. The van der Waals surface area contributed by atoms with Gasteiger partial charge in [0.1, 0.15) is 11.6 Å². The van der Waals surface area contributed by atoms with Crippen LogP contribution >= 0.6 is 0 Å². The number of fused-ring (bicyclic) bond motifs is 3. The van der Waals surface area contributed by atoms with Crippen molar-refractivity contribution in [1.82, 2.24) is 14.8 Å². The first kappa shape index (κ1) is 26.4. The van der Waals surface area contributed by atoms with Crippen molar-refractivity contribution in [1.29, 1.82) is 0 Å². The van der Waals surface area contributed by atoms with Crippen molar-refractivity contribution in [2.24, 2.45) is 0 Å². The molecule has 0 radical (unpaired) electrons. The van der Waals surface area contributed by atoms with E-state index in [1.54, 1.807) is 25.1 Å². The predicted octanol–water partition coefficient (Wildman–Crippen LogP) is 5.78. The van der Waals surface area contributed by atoms with Gasteiger partial charge in [-0.25, -0.2) is 8.78 Å². The molecule has 2 aliphatic rings. The standard InChI is InChI=1S/C28H28F6N4/c1-3-17-5-6-20-21-9-16(2)38(15-28(32,33)34)27(26(21)36-24(20)10-17)25-22(30)11-18(12-23(25)31)35-19-13-37(14-19)8-4-7-29/h1,5-6,10-12,16,19,27,35-36H,4,7-9,13-15H2,2H3/t16-,27-/m1/s1. The molecule has 1 saturated heterocycles. The first-order valence-corrected chi connectivity index (χ1v) is 12.6. The van der Waals surface area contributed by atoms with E-state index in [9.17, 15) is 17.6 Å². The summed E-state index contributed by atoms with van der Waals surface area (Å²) in [4.78, 5) is 6.26. The highest BCUT2D eigenvalue weighted by Gasteiger charge is 2.44. The zero-order valence-corrected chi connectivity index (χ0v) is 20.8. The molecule has 3 heterocycles. The van der Waals surface area contributed by atoms with E-state index in [0.717, 1.165) is 28.0 Å². The van der Waals surface area contributed by atoms with Gasteiger partial charge in [0.25, 0.3) is 0 Å². The van der Waals surface area contributed by atoms with Crippen LogP contribution in [0.4, 0.5) is 32.0 Å². The molecule has 0 saturated carbocycles. The number of H-pyrrole nitrogens is 1. The number of anilines is 1. The average Bonchev–Trinajstić information content (AvgIpc) is 3.18. The van der Waals surface area contributed by atoms with Crippen molar-refractivity contribution < 1.29 is 26.3 Å². The molecule has 4 nitrogen and oxygen atoms in total. The lowest BCUT2D eigenvalue weighted by Crippen LogP contribution is -2.54. The van der Waals surface area contributed by atoms with Gasteiger partial charge in [-0.15, -0.1) is 6.42 Å². The first-order valence-electron chi connectivity index (χ1n) is 12.6. The lowest BCUT2D eigenvalue weighted by Gasteiger charge is -2.41. The number of hydrogen-bond acceptors (Lipinski definition) is 3. The van der Waals surface area contributed by atoms with Gasteiger partial charge in [-0.3, -0.25) is 14.2 Å². The molecule has 0 amide bonds. The number of aromatic amines is 1. The van der Waals surface area contributed by atoms with E-state index < -0.39 is 48.7 Å². The van der Waals surface area contributed by atoms with Gasteiger partial charge in [0.05, 0.1) is 25.3 Å². The summed E-state index contributed by atoms with van der Waals surface area (Å²) < 4.78 is 84.6. The molecule has 1 fully saturated rings. The monoisotopic (exact) mass is 534 g/mol. The molecule has 2 N–H and O–H groups in total. The van der Waals surface area contributed by atoms with Gasteiger partial charge in [-0.2, -0.15) is 13.2 Å². The molecule has 10 heteroatoms. The number of benzene rings is 2. The predicted molar refractivity (Wildman–Crippen MR) is 135 cm³/mol. The second-order valence-electron chi connectivity index (χ2n) is 10.2. The average molecular weight is 535 g/mol. The molecule has 1 aromatic heterocycles. The van der Waals surface area contributed by atoms with Gasteiger partial charge in [0, 0.05) is 59.1 Å². The van der Waals surface area contributed by atoms with Crippen molar-refractivity contribution in [2.45, 2.75) is 44.1 Å². The summed E-state index contributed by atoms with van der Waals surface area (Å²) in [5.41, 5.74) is 2.02. The van der Waals surface area contributed by atoms with Crippen LogP contribution in [-0.4, -0.2) is 65.9 Å². The van der Waals surface area contributed by atoms with Crippen LogP contribution in [0.1, 0.15) is 41.8 Å². The minimum atomic E-state index is -4.57. The van der Waals surface area contributed by atoms with Crippen molar-refractivity contribution in [3.8, 4) is 12.3 Å². The third-order valence-electron chi connectivity index (χ3n) is 7.43. The van der Waals surface area contributed by atoms with Gasteiger partial charge in [0.15, 0.2) is 0 Å². The Morgan fingerprint density at radius 1 is 1.13 bits per heavy atom. The van der Waals surface area contributed by atoms with Crippen molar-refractivity contribution in [3.05, 3.63) is 64.4 Å². The van der Waals surface area contributed by atoms with E-state index in [2.05, 4.69) is 16.2 Å². The molecular weight excluding hydrogens is 506 g/mol. The Bertz CT molecular complexity index is 1350. The van der Waals surface area contributed by atoms with Gasteiger partial charge in [-0.05, 0) is 49.6 Å². The van der Waals surface area contributed by atoms with E-state index in [1.165, 1.54) is 0 Å². The molecule has 2 atom stereocenters. The Morgan fingerprint density at radius 3 is 2.47 bits per heavy atom. The van der Waals surface area contributed by atoms with Crippen LogP contribution < -0.4 is 5.32 Å². The van der Waals surface area contributed by atoms with Gasteiger partial charge < -0.3 is 10.3 Å². The van der Waals surface area contributed by atoms with Crippen molar-refractivity contribution in [3.63, 3.8) is 0 Å². The Morgan fingerprint density at radius 2 is 1.84 bits per heavy atom. The van der Waals surface area contributed by atoms with E-state index in [0.29, 0.717) is 42.8 Å². The maximum absolute atomic E-state index is 15.6. The Kier molecular flexibility index (Phi) is 7.09. The molecule has 0 unspecified atom stereocenters. The largest absolute Gasteiger partial charge is 0.401 e. The van der Waals surface area contributed by atoms with E-state index in [-0.39, 0.29) is 18.2 Å². The maximum Gasteiger partial charge on any atom is 0.401 e. The zero-order chi connectivity index (χ0) is 27.2. The van der Waals surface area contributed by atoms with Crippen LogP contribution in [-0.2, 0) is 6.42 Å². The molecule has 2 aliphatic heterocycles. The van der Waals surface area contributed by atoms with Crippen LogP contribution in [0, 0.1) is 24.0 Å². The highest BCUT2D eigenvalue weighted by molar-refractivity contribution is 5.86. The number of terminal acetylenes is 1. The number of hydrogen-bond donors (Lipinski definition) is 2. The highest BCUT2D eigenvalue weighted by atomic mass is 19.4. The normalized spacial score (nSPS) is 20.8. The number of aromatic nitrogens is 1. The fraction of sp³-hybridized carbons (Fsp3) is 0.429. The lowest BCUT2D eigenvalue weighted by atomic mass is 9.88. The number of alkyl halides is 4. The summed E-state index contributed by atoms with van der Waals surface area (Å²) in [7, 11) is 0. The second kappa shape index (κ2) is 10.2. The smallest absolute Gasteiger partial charge is 0.380 e. The zero-order valence-electron chi connectivity index (χ0n) is 20.8. The molecule has 2 aromatic carbocycles. The minimum Gasteiger partial charge on any atom is -0.380 e. The maximum atomic E-state index is 15.6. The van der Waals surface area contributed by atoms with Crippen molar-refractivity contribution >= 4 is 16.6 Å². The Hall–Kier alpha value is -3.16. The highest BCUT2D eigenvalue weighted by Crippen LogP contribution is 2.44.